The predicted molar refractivity (Wildman–Crippen MR) is 82.0 cm³/mol. The average Bonchev–Trinajstić information content (AvgIpc) is 2.78. The summed E-state index contributed by atoms with van der Waals surface area (Å²) in [5, 5.41) is 3.98. The molecule has 0 amide bonds. The summed E-state index contributed by atoms with van der Waals surface area (Å²) in [6.45, 7) is 11.6. The first-order valence-corrected chi connectivity index (χ1v) is 9.32. The normalized spacial score (nSPS) is 17.7. The van der Waals surface area contributed by atoms with Crippen LogP contribution in [0.25, 0.3) is 0 Å². The molecule has 1 fully saturated rings. The Balaban J connectivity index is 2.98. The van der Waals surface area contributed by atoms with Crippen LogP contribution in [0, 0.1) is 0 Å². The fraction of sp³-hybridized carbons (Fsp3) is 0.917. The molecule has 7 heteroatoms. The van der Waals surface area contributed by atoms with Crippen LogP contribution in [-0.4, -0.2) is 57.4 Å². The molecule has 0 aliphatic carbocycles. The van der Waals surface area contributed by atoms with E-state index in [9.17, 15) is 0 Å². The molecular formula is C12H26N2O3SSi. The third-order valence-corrected chi connectivity index (χ3v) is 7.09. The Morgan fingerprint density at radius 2 is 1.68 bits per heavy atom. The van der Waals surface area contributed by atoms with Crippen molar-refractivity contribution in [3.8, 4) is 0 Å². The van der Waals surface area contributed by atoms with Gasteiger partial charge in [0.25, 0.3) is 0 Å². The molecule has 1 rings (SSSR count). The van der Waals surface area contributed by atoms with Gasteiger partial charge in [0.05, 0.1) is 0 Å². The van der Waals surface area contributed by atoms with E-state index in [-0.39, 0.29) is 5.67 Å². The molecule has 0 aromatic carbocycles. The number of rotatable bonds is 9. The SMILES string of the molecule is CCO[Si](OCC)(OCC)C(CC)N1CCNC1=S. The molecule has 1 aliphatic heterocycles. The van der Waals surface area contributed by atoms with Crippen LogP contribution >= 0.6 is 12.2 Å². The molecule has 1 atom stereocenters. The van der Waals surface area contributed by atoms with Crippen LogP contribution in [0.2, 0.25) is 0 Å². The van der Waals surface area contributed by atoms with Gasteiger partial charge in [-0.2, -0.15) is 0 Å². The Bertz CT molecular complexity index is 277. The van der Waals surface area contributed by atoms with Crippen LogP contribution in [0.15, 0.2) is 0 Å². The topological polar surface area (TPSA) is 43.0 Å². The van der Waals surface area contributed by atoms with Gasteiger partial charge in [0.1, 0.15) is 5.67 Å². The van der Waals surface area contributed by atoms with Gasteiger partial charge in [0.15, 0.2) is 5.11 Å². The van der Waals surface area contributed by atoms with Crippen LogP contribution in [0.4, 0.5) is 0 Å². The smallest absolute Gasteiger partial charge is 0.373 e. The van der Waals surface area contributed by atoms with Gasteiger partial charge in [0.2, 0.25) is 0 Å². The van der Waals surface area contributed by atoms with Crippen LogP contribution in [0.3, 0.4) is 0 Å². The van der Waals surface area contributed by atoms with E-state index in [0.717, 1.165) is 24.6 Å². The second-order valence-electron chi connectivity index (χ2n) is 4.25. The van der Waals surface area contributed by atoms with Crippen LogP contribution in [0.5, 0.6) is 0 Å². The van der Waals surface area contributed by atoms with E-state index < -0.39 is 8.80 Å². The molecule has 5 nitrogen and oxygen atoms in total. The van der Waals surface area contributed by atoms with Crippen LogP contribution in [-0.2, 0) is 13.3 Å². The maximum absolute atomic E-state index is 5.99. The van der Waals surface area contributed by atoms with E-state index in [4.69, 9.17) is 25.5 Å². The summed E-state index contributed by atoms with van der Waals surface area (Å²) in [7, 11) is -2.73. The predicted octanol–water partition coefficient (Wildman–Crippen LogP) is 1.54. The Hall–Kier alpha value is -0.213. The van der Waals surface area contributed by atoms with E-state index in [1.807, 2.05) is 20.8 Å². The molecule has 1 heterocycles. The molecule has 112 valence electrons. The molecule has 1 saturated heterocycles. The summed E-state index contributed by atoms with van der Waals surface area (Å²) < 4.78 is 18.0. The maximum Gasteiger partial charge on any atom is 0.524 e. The van der Waals surface area contributed by atoms with Gasteiger partial charge in [-0.3, -0.25) is 0 Å². The van der Waals surface area contributed by atoms with Gasteiger partial charge in [-0.05, 0) is 39.4 Å². The first-order valence-electron chi connectivity index (χ1n) is 7.11. The molecule has 1 unspecified atom stereocenters. The van der Waals surface area contributed by atoms with Gasteiger partial charge in [0, 0.05) is 32.9 Å². The van der Waals surface area contributed by atoms with E-state index >= 15 is 0 Å². The average molecular weight is 307 g/mol. The van der Waals surface area contributed by atoms with Crippen molar-refractivity contribution in [3.05, 3.63) is 0 Å². The zero-order chi connectivity index (χ0) is 14.3. The largest absolute Gasteiger partial charge is 0.524 e. The minimum absolute atomic E-state index is 0.0925. The van der Waals surface area contributed by atoms with Gasteiger partial charge < -0.3 is 23.5 Å². The van der Waals surface area contributed by atoms with Gasteiger partial charge in [-0.15, -0.1) is 0 Å². The second-order valence-corrected chi connectivity index (χ2v) is 7.38. The van der Waals surface area contributed by atoms with Crippen molar-refractivity contribution in [2.75, 3.05) is 32.9 Å². The summed E-state index contributed by atoms with van der Waals surface area (Å²) in [5.74, 6) is 0. The number of hydrogen-bond donors (Lipinski definition) is 1. The standard InChI is InChI=1S/C12H26N2O3SSi/c1-5-11(14-10-9-13-12(14)18)19(15-6-2,16-7-3)17-8-4/h11H,5-10H2,1-4H3,(H,13,18). The lowest BCUT2D eigenvalue weighted by molar-refractivity contribution is 0.0469. The van der Waals surface area contributed by atoms with E-state index in [1.165, 1.54) is 0 Å². The summed E-state index contributed by atoms with van der Waals surface area (Å²) in [5.41, 5.74) is 0.0925. The molecule has 0 spiro atoms. The Kier molecular flexibility index (Phi) is 7.23. The van der Waals surface area contributed by atoms with E-state index in [2.05, 4.69) is 17.1 Å². The quantitative estimate of drug-likeness (QED) is 0.515. The Morgan fingerprint density at radius 1 is 1.16 bits per heavy atom. The van der Waals surface area contributed by atoms with Crippen molar-refractivity contribution in [2.24, 2.45) is 0 Å². The highest BCUT2D eigenvalue weighted by Crippen LogP contribution is 2.24. The zero-order valence-electron chi connectivity index (χ0n) is 12.4. The minimum atomic E-state index is -2.73. The summed E-state index contributed by atoms with van der Waals surface area (Å²) >= 11 is 5.37. The molecule has 0 aromatic rings. The van der Waals surface area contributed by atoms with E-state index in [1.54, 1.807) is 0 Å². The molecule has 0 saturated carbocycles. The maximum atomic E-state index is 5.99. The van der Waals surface area contributed by atoms with E-state index in [0.29, 0.717) is 19.8 Å². The first-order chi connectivity index (χ1) is 9.15. The molecule has 19 heavy (non-hydrogen) atoms. The summed E-state index contributed by atoms with van der Waals surface area (Å²) in [6, 6.07) is 0. The third kappa shape index (κ3) is 3.88. The molecule has 0 aromatic heterocycles. The lowest BCUT2D eigenvalue weighted by atomic mass is 10.4. The molecule has 0 bridgehead atoms. The van der Waals surface area contributed by atoms with Gasteiger partial charge in [-0.25, -0.2) is 0 Å². The highest BCUT2D eigenvalue weighted by atomic mass is 32.1. The number of nitrogens with zero attached hydrogens (tertiary/aromatic N) is 1. The Morgan fingerprint density at radius 3 is 2.00 bits per heavy atom. The second kappa shape index (κ2) is 8.16. The monoisotopic (exact) mass is 306 g/mol. The molecule has 1 aliphatic rings. The lowest BCUT2D eigenvalue weighted by Gasteiger charge is -2.39. The summed E-state index contributed by atoms with van der Waals surface area (Å²) in [6.07, 6.45) is 0.897. The van der Waals surface area contributed by atoms with Crippen LogP contribution < -0.4 is 5.32 Å². The van der Waals surface area contributed by atoms with Crippen molar-refractivity contribution < 1.29 is 13.3 Å². The first kappa shape index (κ1) is 16.8. The highest BCUT2D eigenvalue weighted by molar-refractivity contribution is 7.80. The van der Waals surface area contributed by atoms with Gasteiger partial charge in [-0.1, -0.05) is 6.92 Å². The fourth-order valence-electron chi connectivity index (χ4n) is 2.46. The van der Waals surface area contributed by atoms with Crippen molar-refractivity contribution in [1.29, 1.82) is 0 Å². The van der Waals surface area contributed by atoms with Crippen molar-refractivity contribution >= 4 is 26.1 Å². The zero-order valence-corrected chi connectivity index (χ0v) is 14.2. The summed E-state index contributed by atoms with van der Waals surface area (Å²) in [4.78, 5) is 2.17. The van der Waals surface area contributed by atoms with Gasteiger partial charge >= 0.3 is 8.80 Å². The van der Waals surface area contributed by atoms with Crippen molar-refractivity contribution in [3.63, 3.8) is 0 Å². The molecular weight excluding hydrogens is 280 g/mol. The number of nitrogens with one attached hydrogen (secondary N) is 1. The lowest BCUT2D eigenvalue weighted by Crippen LogP contribution is -2.63. The number of thiocarbonyl (C=S) groups is 1. The molecule has 0 radical (unpaired) electrons. The third-order valence-electron chi connectivity index (χ3n) is 3.10. The Labute approximate surface area is 123 Å². The van der Waals surface area contributed by atoms with Crippen molar-refractivity contribution in [2.45, 2.75) is 39.8 Å². The number of hydrogen-bond acceptors (Lipinski definition) is 4. The minimum Gasteiger partial charge on any atom is -0.373 e. The highest BCUT2D eigenvalue weighted by Gasteiger charge is 2.52. The fourth-order valence-corrected chi connectivity index (χ4v) is 6.05. The molecule has 1 N–H and O–H groups in total. The van der Waals surface area contributed by atoms with Crippen LogP contribution in [0.1, 0.15) is 34.1 Å². The van der Waals surface area contributed by atoms with Crippen molar-refractivity contribution in [1.82, 2.24) is 10.2 Å².